The smallest absolute Gasteiger partial charge is 0.137 e. The molecule has 5 heteroatoms. The highest BCUT2D eigenvalue weighted by Gasteiger charge is 2.22. The minimum atomic E-state index is 0.779. The molecule has 5 rings (SSSR count). The van der Waals surface area contributed by atoms with Crippen LogP contribution in [0.5, 0.6) is 0 Å². The second kappa shape index (κ2) is 5.03. The molecule has 0 spiro atoms. The van der Waals surface area contributed by atoms with E-state index in [0.717, 1.165) is 28.0 Å². The number of hydrazone groups is 1. The fraction of sp³-hybridized carbons (Fsp3) is 0. The van der Waals surface area contributed by atoms with Crippen LogP contribution in [0.25, 0.3) is 22.7 Å². The van der Waals surface area contributed by atoms with Crippen molar-refractivity contribution in [3.63, 3.8) is 0 Å². The Labute approximate surface area is 138 Å². The summed E-state index contributed by atoms with van der Waals surface area (Å²) in [4.78, 5) is 0. The van der Waals surface area contributed by atoms with Crippen LogP contribution in [0.3, 0.4) is 0 Å². The van der Waals surface area contributed by atoms with E-state index in [0.29, 0.717) is 0 Å². The third kappa shape index (κ3) is 1.91. The minimum absolute atomic E-state index is 0.779. The first-order valence-electron chi connectivity index (χ1n) is 7.73. The topological polar surface area (TPSA) is 66.0 Å². The number of aromatic amines is 1. The standard InChI is InChI=1S/C19H13N5/c1-2-6-13-12(5-1)11-15-14(13)7-3-8-16(15)20-21-17-9-4-10-18-19(17)23-24-22-18/h1-11,21H,(H,22,23,24). The number of hydrogen-bond donors (Lipinski definition) is 2. The number of fused-ring (bicyclic) bond motifs is 4. The van der Waals surface area contributed by atoms with Crippen molar-refractivity contribution in [1.82, 2.24) is 15.4 Å². The highest BCUT2D eigenvalue weighted by molar-refractivity contribution is 6.26. The van der Waals surface area contributed by atoms with Gasteiger partial charge in [-0.3, -0.25) is 5.43 Å². The van der Waals surface area contributed by atoms with Crippen LogP contribution in [-0.2, 0) is 0 Å². The molecule has 2 aliphatic rings. The van der Waals surface area contributed by atoms with Gasteiger partial charge in [0, 0.05) is 5.57 Å². The fourth-order valence-corrected chi connectivity index (χ4v) is 3.14. The van der Waals surface area contributed by atoms with E-state index in [9.17, 15) is 0 Å². The molecule has 0 amide bonds. The summed E-state index contributed by atoms with van der Waals surface area (Å²) in [5.74, 6) is 0. The lowest BCUT2D eigenvalue weighted by Crippen LogP contribution is -2.05. The number of H-pyrrole nitrogens is 1. The van der Waals surface area contributed by atoms with Crippen molar-refractivity contribution in [3.8, 4) is 0 Å². The molecule has 0 atom stereocenters. The molecule has 0 fully saturated rings. The van der Waals surface area contributed by atoms with Crippen molar-refractivity contribution in [1.29, 1.82) is 0 Å². The Morgan fingerprint density at radius 1 is 0.958 bits per heavy atom. The molecule has 2 aliphatic carbocycles. The maximum absolute atomic E-state index is 4.60. The Bertz CT molecular complexity index is 1080. The number of aromatic nitrogens is 3. The van der Waals surface area contributed by atoms with Gasteiger partial charge in [-0.2, -0.15) is 20.5 Å². The Hall–Kier alpha value is -3.47. The largest absolute Gasteiger partial charge is 0.276 e. The van der Waals surface area contributed by atoms with E-state index in [1.54, 1.807) is 0 Å². The quantitative estimate of drug-likeness (QED) is 0.708. The van der Waals surface area contributed by atoms with Crippen molar-refractivity contribution in [2.45, 2.75) is 0 Å². The van der Waals surface area contributed by atoms with Crippen molar-refractivity contribution in [2.75, 3.05) is 5.43 Å². The molecule has 0 radical (unpaired) electrons. The maximum Gasteiger partial charge on any atom is 0.137 e. The Kier molecular flexibility index (Phi) is 2.72. The molecule has 1 aromatic heterocycles. The lowest BCUT2D eigenvalue weighted by atomic mass is 9.96. The fourth-order valence-electron chi connectivity index (χ4n) is 3.14. The summed E-state index contributed by atoms with van der Waals surface area (Å²) < 4.78 is 0. The Balaban J connectivity index is 1.52. The van der Waals surface area contributed by atoms with Gasteiger partial charge in [0.1, 0.15) is 11.0 Å². The van der Waals surface area contributed by atoms with Gasteiger partial charge in [-0.1, -0.05) is 42.5 Å². The zero-order chi connectivity index (χ0) is 15.9. The number of nitrogens with one attached hydrogen (secondary N) is 2. The molecule has 0 saturated carbocycles. The van der Waals surface area contributed by atoms with Crippen LogP contribution in [0.15, 0.2) is 71.4 Å². The van der Waals surface area contributed by atoms with E-state index in [1.165, 1.54) is 16.7 Å². The van der Waals surface area contributed by atoms with Crippen LogP contribution >= 0.6 is 0 Å². The normalized spacial score (nSPS) is 16.8. The van der Waals surface area contributed by atoms with Crippen LogP contribution in [0.4, 0.5) is 5.69 Å². The van der Waals surface area contributed by atoms with Gasteiger partial charge in [0.25, 0.3) is 0 Å². The number of benzene rings is 2. The van der Waals surface area contributed by atoms with Crippen LogP contribution in [0.1, 0.15) is 11.1 Å². The van der Waals surface area contributed by atoms with Crippen molar-refractivity contribution in [2.24, 2.45) is 5.10 Å². The molecule has 114 valence electrons. The predicted molar refractivity (Wildman–Crippen MR) is 96.5 cm³/mol. The molecule has 2 aromatic carbocycles. The molecular formula is C19H13N5. The van der Waals surface area contributed by atoms with Crippen molar-refractivity contribution < 1.29 is 0 Å². The first-order valence-corrected chi connectivity index (χ1v) is 7.73. The third-order valence-electron chi connectivity index (χ3n) is 4.28. The first-order chi connectivity index (χ1) is 11.9. The predicted octanol–water partition coefficient (Wildman–Crippen LogP) is 3.78. The van der Waals surface area contributed by atoms with Gasteiger partial charge in [-0.05, 0) is 41.0 Å². The number of nitrogens with zero attached hydrogens (tertiary/aromatic N) is 3. The monoisotopic (exact) mass is 311 g/mol. The Morgan fingerprint density at radius 3 is 2.92 bits per heavy atom. The molecule has 0 unspecified atom stereocenters. The molecule has 1 heterocycles. The van der Waals surface area contributed by atoms with Crippen LogP contribution in [0.2, 0.25) is 0 Å². The van der Waals surface area contributed by atoms with Gasteiger partial charge in [0.2, 0.25) is 0 Å². The molecule has 0 aliphatic heterocycles. The van der Waals surface area contributed by atoms with Gasteiger partial charge in [-0.25, -0.2) is 0 Å². The number of hydrogen-bond acceptors (Lipinski definition) is 4. The second-order valence-corrected chi connectivity index (χ2v) is 5.69. The molecule has 3 aromatic rings. The summed E-state index contributed by atoms with van der Waals surface area (Å²) in [6.07, 6.45) is 8.36. The molecule has 5 nitrogen and oxygen atoms in total. The average Bonchev–Trinajstić information content (AvgIpc) is 3.24. The summed E-state index contributed by atoms with van der Waals surface area (Å²) >= 11 is 0. The molecule has 0 bridgehead atoms. The first kappa shape index (κ1) is 13.0. The van der Waals surface area contributed by atoms with E-state index in [1.807, 2.05) is 30.4 Å². The van der Waals surface area contributed by atoms with E-state index < -0.39 is 0 Å². The van der Waals surface area contributed by atoms with E-state index in [-0.39, 0.29) is 0 Å². The van der Waals surface area contributed by atoms with Crippen LogP contribution < -0.4 is 5.43 Å². The molecule has 2 N–H and O–H groups in total. The average molecular weight is 311 g/mol. The second-order valence-electron chi connectivity index (χ2n) is 5.69. The number of para-hydroxylation sites is 1. The van der Waals surface area contributed by atoms with Gasteiger partial charge >= 0.3 is 0 Å². The highest BCUT2D eigenvalue weighted by Crippen LogP contribution is 2.38. The van der Waals surface area contributed by atoms with Gasteiger partial charge < -0.3 is 0 Å². The third-order valence-corrected chi connectivity index (χ3v) is 4.28. The number of rotatable bonds is 2. The van der Waals surface area contributed by atoms with Crippen molar-refractivity contribution >= 4 is 34.1 Å². The van der Waals surface area contributed by atoms with Crippen LogP contribution in [-0.4, -0.2) is 21.1 Å². The Morgan fingerprint density at radius 2 is 1.92 bits per heavy atom. The lowest BCUT2D eigenvalue weighted by molar-refractivity contribution is 0.959. The summed E-state index contributed by atoms with van der Waals surface area (Å²) in [7, 11) is 0. The van der Waals surface area contributed by atoms with E-state index in [2.05, 4.69) is 62.4 Å². The van der Waals surface area contributed by atoms with Gasteiger partial charge in [0.05, 0.1) is 11.4 Å². The molecular weight excluding hydrogens is 298 g/mol. The summed E-state index contributed by atoms with van der Waals surface area (Å²) in [5.41, 5.74) is 11.3. The van der Waals surface area contributed by atoms with Gasteiger partial charge in [-0.15, -0.1) is 0 Å². The minimum Gasteiger partial charge on any atom is -0.276 e. The van der Waals surface area contributed by atoms with Crippen molar-refractivity contribution in [3.05, 3.63) is 77.4 Å². The number of anilines is 1. The molecule has 0 saturated heterocycles. The van der Waals surface area contributed by atoms with E-state index in [4.69, 9.17) is 0 Å². The summed E-state index contributed by atoms with van der Waals surface area (Å²) in [6, 6.07) is 14.2. The summed E-state index contributed by atoms with van der Waals surface area (Å²) in [5, 5.41) is 15.5. The molecule has 24 heavy (non-hydrogen) atoms. The SMILES string of the molecule is C1=CC(=NNc2cccc3n[nH]nc23)C2=Cc3ccccc3C2=C1. The van der Waals surface area contributed by atoms with Gasteiger partial charge in [0.15, 0.2) is 0 Å². The van der Waals surface area contributed by atoms with E-state index >= 15 is 0 Å². The zero-order valence-corrected chi connectivity index (χ0v) is 12.7. The summed E-state index contributed by atoms with van der Waals surface area (Å²) in [6.45, 7) is 0. The number of allylic oxidation sites excluding steroid dienone is 5. The zero-order valence-electron chi connectivity index (χ0n) is 12.7. The van der Waals surface area contributed by atoms with Crippen LogP contribution in [0, 0.1) is 0 Å². The lowest BCUT2D eigenvalue weighted by Gasteiger charge is -2.11. The maximum atomic E-state index is 4.60. The highest BCUT2D eigenvalue weighted by atomic mass is 15.3.